The quantitative estimate of drug-likeness (QED) is 0.328. The van der Waals surface area contributed by atoms with E-state index in [1.165, 1.54) is 18.2 Å². The number of anilines is 1. The summed E-state index contributed by atoms with van der Waals surface area (Å²) in [5, 5.41) is 16.6. The molecule has 3 amide bonds. The van der Waals surface area contributed by atoms with Crippen LogP contribution in [0.2, 0.25) is 5.02 Å². The third-order valence-electron chi connectivity index (χ3n) is 5.80. The number of carbonyl (C=O) groups excluding carboxylic acids is 2. The maximum Gasteiger partial charge on any atom is 0.417 e. The van der Waals surface area contributed by atoms with Crippen LogP contribution in [-0.4, -0.2) is 41.2 Å². The van der Waals surface area contributed by atoms with Gasteiger partial charge in [0.25, 0.3) is 5.91 Å². The van der Waals surface area contributed by atoms with E-state index in [2.05, 4.69) is 20.9 Å². The zero-order valence-corrected chi connectivity index (χ0v) is 18.9. The summed E-state index contributed by atoms with van der Waals surface area (Å²) >= 11 is 5.61. The van der Waals surface area contributed by atoms with Gasteiger partial charge in [0.1, 0.15) is 5.82 Å². The number of H-pyrrole nitrogens is 1. The first kappa shape index (κ1) is 24.8. The molecule has 35 heavy (non-hydrogen) atoms. The lowest BCUT2D eigenvalue weighted by molar-refractivity contribution is -0.137. The zero-order chi connectivity index (χ0) is 25.3. The number of benzene rings is 2. The average molecular weight is 513 g/mol. The molecule has 186 valence electrons. The minimum atomic E-state index is -4.67. The van der Waals surface area contributed by atoms with Gasteiger partial charge in [-0.1, -0.05) is 11.6 Å². The van der Waals surface area contributed by atoms with Crippen LogP contribution in [0.5, 0.6) is 0 Å². The molecule has 0 saturated heterocycles. The second-order valence-electron chi connectivity index (χ2n) is 8.14. The van der Waals surface area contributed by atoms with E-state index in [0.717, 1.165) is 17.8 Å². The Morgan fingerprint density at radius 1 is 1.20 bits per heavy atom. The van der Waals surface area contributed by atoms with Crippen LogP contribution in [0, 0.1) is 5.82 Å². The van der Waals surface area contributed by atoms with Crippen LogP contribution in [0.15, 0.2) is 30.3 Å². The van der Waals surface area contributed by atoms with E-state index in [1.807, 2.05) is 0 Å². The summed E-state index contributed by atoms with van der Waals surface area (Å²) in [6, 6.07) is 4.49. The number of urea groups is 1. The van der Waals surface area contributed by atoms with Gasteiger partial charge in [0.15, 0.2) is 0 Å². The number of alkyl halides is 3. The van der Waals surface area contributed by atoms with E-state index in [4.69, 9.17) is 16.7 Å². The fourth-order valence-corrected chi connectivity index (χ4v) is 4.47. The number of rotatable bonds is 5. The van der Waals surface area contributed by atoms with Crippen molar-refractivity contribution >= 4 is 40.1 Å². The van der Waals surface area contributed by atoms with Gasteiger partial charge >= 0.3 is 12.2 Å². The molecule has 1 aliphatic rings. The molecule has 1 aliphatic carbocycles. The second kappa shape index (κ2) is 9.74. The molecule has 0 bridgehead atoms. The summed E-state index contributed by atoms with van der Waals surface area (Å²) in [6.45, 7) is -0.212. The number of aliphatic hydroxyl groups excluding tert-OH is 1. The number of aromatic amines is 1. The first-order valence-electron chi connectivity index (χ1n) is 10.7. The molecule has 0 fully saturated rings. The maximum atomic E-state index is 14.5. The number of fused-ring (bicyclic) bond motifs is 3. The summed E-state index contributed by atoms with van der Waals surface area (Å²) in [4.78, 5) is 28.1. The van der Waals surface area contributed by atoms with Crippen molar-refractivity contribution in [1.82, 2.24) is 15.6 Å². The molecule has 5 N–H and O–H groups in total. The van der Waals surface area contributed by atoms with Crippen LogP contribution >= 0.6 is 11.6 Å². The molecule has 0 aliphatic heterocycles. The first-order valence-corrected chi connectivity index (χ1v) is 11.1. The molecule has 0 spiro atoms. The molecule has 7 nitrogen and oxygen atoms in total. The van der Waals surface area contributed by atoms with Crippen LogP contribution < -0.4 is 16.0 Å². The Hall–Kier alpha value is -3.31. The lowest BCUT2D eigenvalue weighted by Gasteiger charge is -2.24. The standard InChI is InChI=1S/C23H21ClF4N4O3/c24-16-4-1-12(10-15(16)23(26,27)28)31-22(35)30-11-2-6-18-14(9-11)19-13(21(34)29-7-8-33)3-5-17(25)20(19)32-18/h1,3-5,10-11,32-33H,2,6-9H2,(H,29,34)(H2,30,31,35). The van der Waals surface area contributed by atoms with Gasteiger partial charge in [0.2, 0.25) is 0 Å². The Morgan fingerprint density at radius 3 is 2.69 bits per heavy atom. The van der Waals surface area contributed by atoms with Crippen LogP contribution in [0.4, 0.5) is 28.0 Å². The van der Waals surface area contributed by atoms with Crippen molar-refractivity contribution in [2.75, 3.05) is 18.5 Å². The minimum absolute atomic E-state index is 0.0371. The lowest BCUT2D eigenvalue weighted by Crippen LogP contribution is -2.41. The van der Waals surface area contributed by atoms with Crippen molar-refractivity contribution in [3.63, 3.8) is 0 Å². The van der Waals surface area contributed by atoms with Gasteiger partial charge in [-0.15, -0.1) is 0 Å². The molecule has 4 rings (SSSR count). The summed E-state index contributed by atoms with van der Waals surface area (Å²) in [7, 11) is 0. The second-order valence-corrected chi connectivity index (χ2v) is 8.54. The third kappa shape index (κ3) is 5.20. The molecule has 0 saturated carbocycles. The predicted octanol–water partition coefficient (Wildman–Crippen LogP) is 4.38. The highest BCUT2D eigenvalue weighted by Gasteiger charge is 2.33. The summed E-state index contributed by atoms with van der Waals surface area (Å²) < 4.78 is 53.7. The molecule has 1 aromatic heterocycles. The number of carbonyl (C=O) groups is 2. The van der Waals surface area contributed by atoms with Gasteiger partial charge < -0.3 is 26.0 Å². The van der Waals surface area contributed by atoms with E-state index in [1.54, 1.807) is 0 Å². The van der Waals surface area contributed by atoms with E-state index < -0.39 is 40.6 Å². The van der Waals surface area contributed by atoms with Crippen LogP contribution in [0.3, 0.4) is 0 Å². The molecule has 12 heteroatoms. The molecule has 1 unspecified atom stereocenters. The first-order chi connectivity index (χ1) is 16.6. The molecule has 2 aromatic carbocycles. The normalized spacial score (nSPS) is 15.5. The van der Waals surface area contributed by atoms with Crippen molar-refractivity contribution in [3.8, 4) is 0 Å². The van der Waals surface area contributed by atoms with E-state index in [9.17, 15) is 27.2 Å². The number of hydrogen-bond donors (Lipinski definition) is 5. The van der Waals surface area contributed by atoms with Crippen molar-refractivity contribution < 1.29 is 32.3 Å². The van der Waals surface area contributed by atoms with Gasteiger partial charge in [-0.05, 0) is 55.2 Å². The van der Waals surface area contributed by atoms with Gasteiger partial charge in [-0.25, -0.2) is 9.18 Å². The Bertz CT molecular complexity index is 1290. The summed E-state index contributed by atoms with van der Waals surface area (Å²) in [5.41, 5.74) is 0.694. The predicted molar refractivity (Wildman–Crippen MR) is 122 cm³/mol. The highest BCUT2D eigenvalue weighted by Crippen LogP contribution is 2.36. The van der Waals surface area contributed by atoms with E-state index in [-0.39, 0.29) is 36.3 Å². The SMILES string of the molecule is O=C(Nc1ccc(Cl)c(C(F)(F)F)c1)NC1CCc2[nH]c3c(F)ccc(C(=O)NCCO)c3c2C1. The number of aryl methyl sites for hydroxylation is 1. The Kier molecular flexibility index (Phi) is 6.91. The number of halogens is 5. The number of aromatic nitrogens is 1. The van der Waals surface area contributed by atoms with Crippen LogP contribution in [0.1, 0.15) is 33.6 Å². The van der Waals surface area contributed by atoms with Gasteiger partial charge in [-0.2, -0.15) is 13.2 Å². The van der Waals surface area contributed by atoms with Gasteiger partial charge in [0, 0.05) is 34.9 Å². The molecule has 1 heterocycles. The number of aliphatic hydroxyl groups is 1. The van der Waals surface area contributed by atoms with Crippen molar-refractivity contribution in [2.45, 2.75) is 31.5 Å². The van der Waals surface area contributed by atoms with Crippen molar-refractivity contribution in [3.05, 3.63) is 63.6 Å². The minimum Gasteiger partial charge on any atom is -0.395 e. The highest BCUT2D eigenvalue weighted by atomic mass is 35.5. The molecule has 0 radical (unpaired) electrons. The van der Waals surface area contributed by atoms with Crippen molar-refractivity contribution in [1.29, 1.82) is 0 Å². The summed E-state index contributed by atoms with van der Waals surface area (Å²) in [5.74, 6) is -1.000. The Balaban J connectivity index is 1.53. The van der Waals surface area contributed by atoms with Crippen molar-refractivity contribution in [2.24, 2.45) is 0 Å². The Morgan fingerprint density at radius 2 is 1.97 bits per heavy atom. The maximum absolute atomic E-state index is 14.5. The highest BCUT2D eigenvalue weighted by molar-refractivity contribution is 6.31. The smallest absolute Gasteiger partial charge is 0.395 e. The fraction of sp³-hybridized carbons (Fsp3) is 0.304. The molecular weight excluding hydrogens is 492 g/mol. The largest absolute Gasteiger partial charge is 0.417 e. The topological polar surface area (TPSA) is 106 Å². The average Bonchev–Trinajstić information content (AvgIpc) is 3.18. The monoisotopic (exact) mass is 512 g/mol. The Labute approximate surface area is 201 Å². The summed E-state index contributed by atoms with van der Waals surface area (Å²) in [6.07, 6.45) is -3.43. The molecular formula is C23H21ClF4N4O3. The van der Waals surface area contributed by atoms with Crippen LogP contribution in [0.25, 0.3) is 10.9 Å². The number of hydrogen-bond acceptors (Lipinski definition) is 3. The number of nitrogens with one attached hydrogen (secondary N) is 4. The third-order valence-corrected chi connectivity index (χ3v) is 6.13. The fourth-order valence-electron chi connectivity index (χ4n) is 4.25. The number of amides is 3. The zero-order valence-electron chi connectivity index (χ0n) is 18.2. The molecule has 1 atom stereocenters. The van der Waals surface area contributed by atoms with Gasteiger partial charge in [0.05, 0.1) is 22.7 Å². The van der Waals surface area contributed by atoms with Gasteiger partial charge in [-0.3, -0.25) is 4.79 Å². The van der Waals surface area contributed by atoms with E-state index in [0.29, 0.717) is 23.8 Å². The van der Waals surface area contributed by atoms with Crippen LogP contribution in [-0.2, 0) is 19.0 Å². The lowest BCUT2D eigenvalue weighted by atomic mass is 9.90. The van der Waals surface area contributed by atoms with E-state index >= 15 is 0 Å². The molecule has 3 aromatic rings.